The molecule has 0 bridgehead atoms. The van der Waals surface area contributed by atoms with Crippen molar-refractivity contribution < 1.29 is 4.79 Å². The van der Waals surface area contributed by atoms with Crippen molar-refractivity contribution in [3.05, 3.63) is 47.3 Å². The summed E-state index contributed by atoms with van der Waals surface area (Å²) in [6.07, 6.45) is 1.84. The lowest BCUT2D eigenvalue weighted by atomic mass is 9.93. The summed E-state index contributed by atoms with van der Waals surface area (Å²) in [4.78, 5) is 17.0. The second kappa shape index (κ2) is 7.60. The Labute approximate surface area is 155 Å². The minimum Gasteiger partial charge on any atom is -0.322 e. The third kappa shape index (κ3) is 4.14. The standard InChI is InChI=1S/C20H29N5O/c1-14-6-8-16(9-7-14)17-10-25(12-19(17)23(3)4)13-20(26)21-18-11-24(5)22-15(18)2/h6-9,11,17,19H,10,12-13H2,1-5H3,(H,21,26)/t17-,19+/m0/s1. The van der Waals surface area contributed by atoms with Crippen LogP contribution in [-0.4, -0.2) is 65.3 Å². The summed E-state index contributed by atoms with van der Waals surface area (Å²) < 4.78 is 1.72. The van der Waals surface area contributed by atoms with Gasteiger partial charge in [0.2, 0.25) is 5.91 Å². The number of nitrogens with zero attached hydrogens (tertiary/aromatic N) is 4. The van der Waals surface area contributed by atoms with Crippen LogP contribution in [0.1, 0.15) is 22.7 Å². The second-order valence-electron chi connectivity index (χ2n) is 7.59. The molecule has 1 aliphatic heterocycles. The van der Waals surface area contributed by atoms with Crippen molar-refractivity contribution in [2.24, 2.45) is 7.05 Å². The first-order valence-electron chi connectivity index (χ1n) is 9.09. The number of benzene rings is 1. The van der Waals surface area contributed by atoms with Crippen LogP contribution < -0.4 is 5.32 Å². The fraction of sp³-hybridized carbons (Fsp3) is 0.500. The van der Waals surface area contributed by atoms with E-state index in [1.54, 1.807) is 4.68 Å². The number of amides is 1. The molecule has 2 atom stereocenters. The zero-order chi connectivity index (χ0) is 18.8. The van der Waals surface area contributed by atoms with E-state index in [2.05, 4.69) is 65.5 Å². The number of likely N-dealkylation sites (N-methyl/N-ethyl adjacent to an activating group) is 1. The number of aromatic nitrogens is 2. The van der Waals surface area contributed by atoms with E-state index in [1.807, 2.05) is 20.2 Å². The number of likely N-dealkylation sites (tertiary alicyclic amines) is 1. The maximum atomic E-state index is 12.5. The lowest BCUT2D eigenvalue weighted by Crippen LogP contribution is -2.36. The second-order valence-corrected chi connectivity index (χ2v) is 7.59. The summed E-state index contributed by atoms with van der Waals surface area (Å²) in [5.74, 6) is 0.432. The summed E-state index contributed by atoms with van der Waals surface area (Å²) >= 11 is 0. The molecule has 3 rings (SSSR count). The molecule has 26 heavy (non-hydrogen) atoms. The van der Waals surface area contributed by atoms with Crippen LogP contribution in [0.3, 0.4) is 0 Å². The van der Waals surface area contributed by atoms with Crippen LogP contribution >= 0.6 is 0 Å². The highest BCUT2D eigenvalue weighted by Crippen LogP contribution is 2.30. The molecule has 1 saturated heterocycles. The molecule has 140 valence electrons. The van der Waals surface area contributed by atoms with E-state index < -0.39 is 0 Å². The Morgan fingerprint density at radius 3 is 2.50 bits per heavy atom. The van der Waals surface area contributed by atoms with Crippen molar-refractivity contribution in [2.45, 2.75) is 25.8 Å². The highest BCUT2D eigenvalue weighted by Gasteiger charge is 2.35. The van der Waals surface area contributed by atoms with Gasteiger partial charge in [-0.3, -0.25) is 14.4 Å². The Bertz CT molecular complexity index is 765. The highest BCUT2D eigenvalue weighted by atomic mass is 16.2. The zero-order valence-electron chi connectivity index (χ0n) is 16.4. The quantitative estimate of drug-likeness (QED) is 0.891. The van der Waals surface area contributed by atoms with Gasteiger partial charge in [0.25, 0.3) is 0 Å². The molecule has 1 fully saturated rings. The van der Waals surface area contributed by atoms with Gasteiger partial charge in [0, 0.05) is 38.3 Å². The summed E-state index contributed by atoms with van der Waals surface area (Å²) in [5.41, 5.74) is 4.25. The Morgan fingerprint density at radius 1 is 1.23 bits per heavy atom. The van der Waals surface area contributed by atoms with E-state index >= 15 is 0 Å². The topological polar surface area (TPSA) is 53.4 Å². The number of hydrogen-bond acceptors (Lipinski definition) is 4. The number of rotatable bonds is 5. The van der Waals surface area contributed by atoms with Gasteiger partial charge in [0.15, 0.2) is 0 Å². The van der Waals surface area contributed by atoms with Crippen molar-refractivity contribution >= 4 is 11.6 Å². The van der Waals surface area contributed by atoms with Gasteiger partial charge >= 0.3 is 0 Å². The molecule has 1 N–H and O–H groups in total. The normalized spacial score (nSPS) is 20.7. The van der Waals surface area contributed by atoms with Crippen LogP contribution in [0.2, 0.25) is 0 Å². The molecule has 2 heterocycles. The van der Waals surface area contributed by atoms with E-state index in [4.69, 9.17) is 0 Å². The lowest BCUT2D eigenvalue weighted by Gasteiger charge is -2.25. The third-order valence-corrected chi connectivity index (χ3v) is 5.19. The molecule has 0 aliphatic carbocycles. The maximum absolute atomic E-state index is 12.5. The molecule has 0 saturated carbocycles. The van der Waals surface area contributed by atoms with Gasteiger partial charge in [-0.2, -0.15) is 5.10 Å². The van der Waals surface area contributed by atoms with Gasteiger partial charge in [-0.1, -0.05) is 29.8 Å². The average Bonchev–Trinajstić information content (AvgIpc) is 3.11. The Balaban J connectivity index is 1.66. The number of carbonyl (C=O) groups excluding carboxylic acids is 1. The Morgan fingerprint density at radius 2 is 1.92 bits per heavy atom. The monoisotopic (exact) mass is 355 g/mol. The number of hydrogen-bond donors (Lipinski definition) is 1. The predicted octanol–water partition coefficient (Wildman–Crippen LogP) is 2.01. The minimum absolute atomic E-state index is 0.0168. The number of nitrogens with one attached hydrogen (secondary N) is 1. The molecule has 1 aromatic carbocycles. The molecular formula is C20H29N5O. The van der Waals surface area contributed by atoms with Gasteiger partial charge in [-0.05, 0) is 33.5 Å². The van der Waals surface area contributed by atoms with E-state index in [-0.39, 0.29) is 5.91 Å². The fourth-order valence-electron chi connectivity index (χ4n) is 3.77. The first-order chi connectivity index (χ1) is 12.3. The van der Waals surface area contributed by atoms with Gasteiger partial charge in [0.05, 0.1) is 17.9 Å². The summed E-state index contributed by atoms with van der Waals surface area (Å²) in [7, 11) is 6.10. The SMILES string of the molecule is Cc1ccc([C@@H]2CN(CC(=O)Nc3cn(C)nc3C)C[C@H]2N(C)C)cc1. The summed E-state index contributed by atoms with van der Waals surface area (Å²) in [6, 6.07) is 9.19. The van der Waals surface area contributed by atoms with Gasteiger partial charge < -0.3 is 10.2 Å². The van der Waals surface area contributed by atoms with E-state index in [1.165, 1.54) is 11.1 Å². The van der Waals surface area contributed by atoms with Crippen molar-refractivity contribution in [3.8, 4) is 0 Å². The van der Waals surface area contributed by atoms with Crippen LogP contribution in [-0.2, 0) is 11.8 Å². The van der Waals surface area contributed by atoms with Crippen LogP contribution in [0.4, 0.5) is 5.69 Å². The molecule has 6 nitrogen and oxygen atoms in total. The lowest BCUT2D eigenvalue weighted by molar-refractivity contribution is -0.117. The van der Waals surface area contributed by atoms with Crippen LogP contribution in [0.5, 0.6) is 0 Å². The summed E-state index contributed by atoms with van der Waals surface area (Å²) in [5, 5.41) is 7.26. The molecule has 0 unspecified atom stereocenters. The van der Waals surface area contributed by atoms with Gasteiger partial charge in [0.1, 0.15) is 0 Å². The van der Waals surface area contributed by atoms with Crippen LogP contribution in [0.15, 0.2) is 30.5 Å². The number of aryl methyl sites for hydroxylation is 3. The average molecular weight is 355 g/mol. The molecule has 0 spiro atoms. The van der Waals surface area contributed by atoms with Gasteiger partial charge in [-0.15, -0.1) is 0 Å². The minimum atomic E-state index is 0.0168. The van der Waals surface area contributed by atoms with Crippen molar-refractivity contribution in [3.63, 3.8) is 0 Å². The van der Waals surface area contributed by atoms with E-state index in [9.17, 15) is 4.79 Å². The van der Waals surface area contributed by atoms with E-state index in [0.717, 1.165) is 24.5 Å². The molecule has 1 amide bonds. The number of anilines is 1. The largest absolute Gasteiger partial charge is 0.322 e. The van der Waals surface area contributed by atoms with Gasteiger partial charge in [-0.25, -0.2) is 0 Å². The first kappa shape index (κ1) is 18.6. The molecule has 6 heteroatoms. The predicted molar refractivity (Wildman–Crippen MR) is 104 cm³/mol. The first-order valence-corrected chi connectivity index (χ1v) is 9.09. The molecular weight excluding hydrogens is 326 g/mol. The fourth-order valence-corrected chi connectivity index (χ4v) is 3.77. The van der Waals surface area contributed by atoms with Crippen LogP contribution in [0.25, 0.3) is 0 Å². The molecule has 0 radical (unpaired) electrons. The Hall–Kier alpha value is -2.18. The zero-order valence-corrected chi connectivity index (χ0v) is 16.4. The summed E-state index contributed by atoms with van der Waals surface area (Å²) in [6.45, 7) is 6.21. The van der Waals surface area contributed by atoms with Crippen LogP contribution in [0, 0.1) is 13.8 Å². The maximum Gasteiger partial charge on any atom is 0.238 e. The highest BCUT2D eigenvalue weighted by molar-refractivity contribution is 5.92. The molecule has 2 aromatic rings. The molecule has 1 aliphatic rings. The smallest absolute Gasteiger partial charge is 0.238 e. The van der Waals surface area contributed by atoms with E-state index in [0.29, 0.717) is 18.5 Å². The van der Waals surface area contributed by atoms with Crippen molar-refractivity contribution in [1.29, 1.82) is 0 Å². The Kier molecular flexibility index (Phi) is 5.44. The molecule has 1 aromatic heterocycles. The van der Waals surface area contributed by atoms with Crippen molar-refractivity contribution in [2.75, 3.05) is 39.0 Å². The number of carbonyl (C=O) groups is 1. The van der Waals surface area contributed by atoms with Crippen molar-refractivity contribution in [1.82, 2.24) is 19.6 Å². The third-order valence-electron chi connectivity index (χ3n) is 5.19.